The van der Waals surface area contributed by atoms with Gasteiger partial charge in [0, 0.05) is 33.2 Å². The standard InChI is InChI=1S/C25H36N4O3.HI/c1-26-25(27-14-4-5-20-6-10-22(30-2)11-7-20)28-19-24(29-15-17-32-18-16-29)21-8-12-23(31-3)13-9-21;/h6-13,24H,4-5,14-19H2,1-3H3,(H2,26,27,28);1H. The number of nitrogens with one attached hydrogen (secondary N) is 2. The molecule has 2 aromatic rings. The van der Waals surface area contributed by atoms with Crippen LogP contribution in [0.5, 0.6) is 11.5 Å². The lowest BCUT2D eigenvalue weighted by molar-refractivity contribution is 0.0170. The third kappa shape index (κ3) is 8.68. The lowest BCUT2D eigenvalue weighted by Crippen LogP contribution is -2.46. The zero-order chi connectivity index (χ0) is 22.6. The van der Waals surface area contributed by atoms with E-state index in [2.05, 4.69) is 44.8 Å². The summed E-state index contributed by atoms with van der Waals surface area (Å²) in [5, 5.41) is 6.96. The van der Waals surface area contributed by atoms with Crippen molar-refractivity contribution in [1.82, 2.24) is 15.5 Å². The number of aliphatic imine (C=N–C) groups is 1. The van der Waals surface area contributed by atoms with Gasteiger partial charge in [0.25, 0.3) is 0 Å². The van der Waals surface area contributed by atoms with Crippen LogP contribution in [0.1, 0.15) is 23.6 Å². The molecule has 1 unspecified atom stereocenters. The Labute approximate surface area is 214 Å². The molecule has 182 valence electrons. The van der Waals surface area contributed by atoms with Crippen molar-refractivity contribution >= 4 is 29.9 Å². The van der Waals surface area contributed by atoms with E-state index in [1.165, 1.54) is 11.1 Å². The largest absolute Gasteiger partial charge is 0.497 e. The van der Waals surface area contributed by atoms with Crippen LogP contribution in [0.2, 0.25) is 0 Å². The van der Waals surface area contributed by atoms with Gasteiger partial charge in [-0.25, -0.2) is 0 Å². The summed E-state index contributed by atoms with van der Waals surface area (Å²) >= 11 is 0. The van der Waals surface area contributed by atoms with Crippen molar-refractivity contribution in [2.24, 2.45) is 4.99 Å². The van der Waals surface area contributed by atoms with Gasteiger partial charge < -0.3 is 24.8 Å². The molecule has 0 saturated carbocycles. The Bertz CT molecular complexity index is 825. The predicted molar refractivity (Wildman–Crippen MR) is 144 cm³/mol. The van der Waals surface area contributed by atoms with E-state index in [0.29, 0.717) is 0 Å². The Morgan fingerprint density at radius 1 is 0.970 bits per heavy atom. The molecule has 0 spiro atoms. The molecule has 0 radical (unpaired) electrons. The predicted octanol–water partition coefficient (Wildman–Crippen LogP) is 3.49. The molecule has 1 saturated heterocycles. The number of morpholine rings is 1. The summed E-state index contributed by atoms with van der Waals surface area (Å²) in [6.45, 7) is 5.01. The molecule has 8 heteroatoms. The van der Waals surface area contributed by atoms with E-state index in [0.717, 1.165) is 69.7 Å². The maximum absolute atomic E-state index is 5.56. The molecule has 2 aromatic carbocycles. The lowest BCUT2D eigenvalue weighted by Gasteiger charge is -2.35. The quantitative estimate of drug-likeness (QED) is 0.198. The van der Waals surface area contributed by atoms with E-state index in [-0.39, 0.29) is 30.0 Å². The average molecular weight is 569 g/mol. The number of benzene rings is 2. The van der Waals surface area contributed by atoms with Crippen LogP contribution in [0.3, 0.4) is 0 Å². The van der Waals surface area contributed by atoms with Crippen LogP contribution in [0, 0.1) is 0 Å². The smallest absolute Gasteiger partial charge is 0.191 e. The van der Waals surface area contributed by atoms with Crippen molar-refractivity contribution in [3.63, 3.8) is 0 Å². The summed E-state index contributed by atoms with van der Waals surface area (Å²) in [4.78, 5) is 6.88. The second-order valence-corrected chi connectivity index (χ2v) is 7.77. The summed E-state index contributed by atoms with van der Waals surface area (Å²) in [5.41, 5.74) is 2.57. The average Bonchev–Trinajstić information content (AvgIpc) is 2.86. The third-order valence-corrected chi connectivity index (χ3v) is 5.77. The Kier molecular flexibility index (Phi) is 12.3. The molecule has 0 aromatic heterocycles. The topological polar surface area (TPSA) is 67.4 Å². The minimum atomic E-state index is 0. The molecule has 0 aliphatic carbocycles. The summed E-state index contributed by atoms with van der Waals surface area (Å²) < 4.78 is 16.1. The molecule has 1 heterocycles. The van der Waals surface area contributed by atoms with Gasteiger partial charge in [-0.1, -0.05) is 24.3 Å². The Hall–Kier alpha value is -2.04. The second kappa shape index (κ2) is 15.0. The summed E-state index contributed by atoms with van der Waals surface area (Å²) in [6.07, 6.45) is 2.04. The van der Waals surface area contributed by atoms with Crippen LogP contribution in [0.15, 0.2) is 53.5 Å². The fourth-order valence-corrected chi connectivity index (χ4v) is 3.88. The van der Waals surface area contributed by atoms with E-state index >= 15 is 0 Å². The fourth-order valence-electron chi connectivity index (χ4n) is 3.88. The fraction of sp³-hybridized carbons (Fsp3) is 0.480. The number of hydrogen-bond donors (Lipinski definition) is 2. The summed E-state index contributed by atoms with van der Waals surface area (Å²) in [6, 6.07) is 16.8. The van der Waals surface area contributed by atoms with Crippen molar-refractivity contribution in [3.8, 4) is 11.5 Å². The number of guanidine groups is 1. The Morgan fingerprint density at radius 2 is 1.58 bits per heavy atom. The molecule has 0 bridgehead atoms. The van der Waals surface area contributed by atoms with E-state index < -0.39 is 0 Å². The van der Waals surface area contributed by atoms with Gasteiger partial charge in [0.15, 0.2) is 5.96 Å². The molecule has 1 atom stereocenters. The maximum atomic E-state index is 5.56. The van der Waals surface area contributed by atoms with E-state index in [4.69, 9.17) is 14.2 Å². The molecule has 3 rings (SSSR count). The molecule has 1 aliphatic heterocycles. The van der Waals surface area contributed by atoms with Gasteiger partial charge in [-0.05, 0) is 48.2 Å². The zero-order valence-electron chi connectivity index (χ0n) is 19.9. The first-order chi connectivity index (χ1) is 15.7. The van der Waals surface area contributed by atoms with Crippen molar-refractivity contribution in [2.75, 3.05) is 60.7 Å². The van der Waals surface area contributed by atoms with Gasteiger partial charge in [-0.15, -0.1) is 24.0 Å². The highest BCUT2D eigenvalue weighted by atomic mass is 127. The van der Waals surface area contributed by atoms with E-state index in [1.54, 1.807) is 14.2 Å². The molecule has 33 heavy (non-hydrogen) atoms. The van der Waals surface area contributed by atoms with Crippen LogP contribution >= 0.6 is 24.0 Å². The van der Waals surface area contributed by atoms with Crippen LogP contribution < -0.4 is 20.1 Å². The van der Waals surface area contributed by atoms with E-state index in [9.17, 15) is 0 Å². The number of hydrogen-bond acceptors (Lipinski definition) is 5. The van der Waals surface area contributed by atoms with Crippen molar-refractivity contribution in [2.45, 2.75) is 18.9 Å². The summed E-state index contributed by atoms with van der Waals surface area (Å²) in [7, 11) is 5.20. The van der Waals surface area contributed by atoms with Crippen molar-refractivity contribution in [3.05, 3.63) is 59.7 Å². The molecular weight excluding hydrogens is 531 g/mol. The van der Waals surface area contributed by atoms with Crippen LogP contribution in [0.4, 0.5) is 0 Å². The van der Waals surface area contributed by atoms with Crippen LogP contribution in [0.25, 0.3) is 0 Å². The van der Waals surface area contributed by atoms with Crippen molar-refractivity contribution in [1.29, 1.82) is 0 Å². The normalized spacial score (nSPS) is 15.3. The molecule has 0 amide bonds. The number of methoxy groups -OCH3 is 2. The number of nitrogens with zero attached hydrogens (tertiary/aromatic N) is 2. The van der Waals surface area contributed by atoms with E-state index in [1.807, 2.05) is 31.3 Å². The van der Waals surface area contributed by atoms with Gasteiger partial charge in [0.1, 0.15) is 11.5 Å². The highest BCUT2D eigenvalue weighted by Crippen LogP contribution is 2.23. The first kappa shape index (κ1) is 27.2. The highest BCUT2D eigenvalue weighted by molar-refractivity contribution is 14.0. The molecule has 1 fully saturated rings. The lowest BCUT2D eigenvalue weighted by atomic mass is 10.0. The Morgan fingerprint density at radius 3 is 2.15 bits per heavy atom. The molecule has 2 N–H and O–H groups in total. The molecule has 1 aliphatic rings. The first-order valence-electron chi connectivity index (χ1n) is 11.3. The molecule has 7 nitrogen and oxygen atoms in total. The van der Waals surface area contributed by atoms with Gasteiger partial charge in [0.05, 0.1) is 33.5 Å². The number of ether oxygens (including phenoxy) is 3. The second-order valence-electron chi connectivity index (χ2n) is 7.77. The Balaban J connectivity index is 0.00000385. The van der Waals surface area contributed by atoms with Gasteiger partial charge >= 0.3 is 0 Å². The maximum Gasteiger partial charge on any atom is 0.191 e. The van der Waals surface area contributed by atoms with Crippen LogP contribution in [-0.2, 0) is 11.2 Å². The number of rotatable bonds is 10. The molecular formula is C25H37IN4O3. The monoisotopic (exact) mass is 568 g/mol. The first-order valence-corrected chi connectivity index (χ1v) is 11.3. The third-order valence-electron chi connectivity index (χ3n) is 5.77. The van der Waals surface area contributed by atoms with Gasteiger partial charge in [-0.3, -0.25) is 9.89 Å². The van der Waals surface area contributed by atoms with Crippen molar-refractivity contribution < 1.29 is 14.2 Å². The number of halogens is 1. The number of aryl methyl sites for hydroxylation is 1. The minimum Gasteiger partial charge on any atom is -0.497 e. The minimum absolute atomic E-state index is 0. The zero-order valence-corrected chi connectivity index (χ0v) is 22.2. The highest BCUT2D eigenvalue weighted by Gasteiger charge is 2.23. The van der Waals surface area contributed by atoms with Crippen LogP contribution in [-0.4, -0.2) is 71.5 Å². The summed E-state index contributed by atoms with van der Waals surface area (Å²) in [5.74, 6) is 2.59. The SMILES string of the molecule is CN=C(NCCCc1ccc(OC)cc1)NCC(c1ccc(OC)cc1)N1CCOCC1.I. The van der Waals surface area contributed by atoms with Gasteiger partial charge in [-0.2, -0.15) is 0 Å². The van der Waals surface area contributed by atoms with Gasteiger partial charge in [0.2, 0.25) is 0 Å².